The van der Waals surface area contributed by atoms with Gasteiger partial charge in [0, 0.05) is 0 Å². The SMILES string of the molecule is CCOc1ccc(S(=O)(=O)N2CC(=O)Nc3ccccc32)cc1C#N. The van der Waals surface area contributed by atoms with E-state index in [1.54, 1.807) is 31.2 Å². The predicted molar refractivity (Wildman–Crippen MR) is 91.9 cm³/mol. The van der Waals surface area contributed by atoms with E-state index in [2.05, 4.69) is 5.32 Å². The number of benzene rings is 2. The van der Waals surface area contributed by atoms with Crippen LogP contribution < -0.4 is 14.4 Å². The number of nitriles is 1. The largest absolute Gasteiger partial charge is 0.492 e. The number of ether oxygens (including phenoxy) is 1. The summed E-state index contributed by atoms with van der Waals surface area (Å²) >= 11 is 0. The van der Waals surface area contributed by atoms with Gasteiger partial charge in [-0.2, -0.15) is 5.26 Å². The van der Waals surface area contributed by atoms with E-state index in [0.717, 1.165) is 4.31 Å². The zero-order valence-corrected chi connectivity index (χ0v) is 14.2. The highest BCUT2D eigenvalue weighted by Crippen LogP contribution is 2.34. The van der Waals surface area contributed by atoms with Gasteiger partial charge in [0.15, 0.2) is 0 Å². The molecule has 7 nitrogen and oxygen atoms in total. The van der Waals surface area contributed by atoms with Crippen molar-refractivity contribution in [2.75, 3.05) is 22.8 Å². The number of para-hydroxylation sites is 2. The Balaban J connectivity index is 2.09. The first-order valence-corrected chi connectivity index (χ1v) is 9.00. The summed E-state index contributed by atoms with van der Waals surface area (Å²) in [5.41, 5.74) is 0.931. The van der Waals surface area contributed by atoms with Gasteiger partial charge >= 0.3 is 0 Å². The van der Waals surface area contributed by atoms with E-state index < -0.39 is 15.9 Å². The number of carbonyl (C=O) groups is 1. The number of hydrogen-bond donors (Lipinski definition) is 1. The molecule has 0 radical (unpaired) electrons. The van der Waals surface area contributed by atoms with Crippen molar-refractivity contribution in [1.82, 2.24) is 0 Å². The van der Waals surface area contributed by atoms with Gasteiger partial charge in [-0.25, -0.2) is 8.42 Å². The first kappa shape index (κ1) is 16.8. The summed E-state index contributed by atoms with van der Waals surface area (Å²) in [6.07, 6.45) is 0. The Labute approximate surface area is 145 Å². The molecule has 2 aromatic carbocycles. The average molecular weight is 357 g/mol. The van der Waals surface area contributed by atoms with Crippen LogP contribution in [0, 0.1) is 11.3 Å². The summed E-state index contributed by atoms with van der Waals surface area (Å²) in [6, 6.07) is 12.7. The van der Waals surface area contributed by atoms with Crippen LogP contribution in [0.4, 0.5) is 11.4 Å². The summed E-state index contributed by atoms with van der Waals surface area (Å²) in [4.78, 5) is 11.8. The Kier molecular flexibility index (Phi) is 4.33. The molecule has 0 saturated heterocycles. The van der Waals surface area contributed by atoms with Crippen molar-refractivity contribution in [1.29, 1.82) is 5.26 Å². The molecular weight excluding hydrogens is 342 g/mol. The van der Waals surface area contributed by atoms with E-state index in [1.165, 1.54) is 18.2 Å². The van der Waals surface area contributed by atoms with E-state index in [1.807, 2.05) is 6.07 Å². The smallest absolute Gasteiger partial charge is 0.264 e. The molecule has 0 atom stereocenters. The fourth-order valence-corrected chi connectivity index (χ4v) is 4.05. The molecule has 0 unspecified atom stereocenters. The van der Waals surface area contributed by atoms with Crippen molar-refractivity contribution in [2.24, 2.45) is 0 Å². The molecule has 0 aliphatic carbocycles. The topological polar surface area (TPSA) is 99.5 Å². The number of carbonyl (C=O) groups excluding carboxylic acids is 1. The maximum atomic E-state index is 13.0. The number of hydrogen-bond acceptors (Lipinski definition) is 5. The fraction of sp³-hybridized carbons (Fsp3) is 0.176. The molecule has 25 heavy (non-hydrogen) atoms. The van der Waals surface area contributed by atoms with Crippen LogP contribution in [0.2, 0.25) is 0 Å². The lowest BCUT2D eigenvalue weighted by atomic mass is 10.2. The van der Waals surface area contributed by atoms with Crippen molar-refractivity contribution in [3.8, 4) is 11.8 Å². The van der Waals surface area contributed by atoms with Gasteiger partial charge in [-0.15, -0.1) is 0 Å². The van der Waals surface area contributed by atoms with Crippen LogP contribution in [-0.4, -0.2) is 27.5 Å². The average Bonchev–Trinajstić information content (AvgIpc) is 2.61. The Hall–Kier alpha value is -3.05. The van der Waals surface area contributed by atoms with E-state index in [9.17, 15) is 18.5 Å². The number of nitrogens with zero attached hydrogens (tertiary/aromatic N) is 2. The monoisotopic (exact) mass is 357 g/mol. The highest BCUT2D eigenvalue weighted by Gasteiger charge is 2.32. The van der Waals surface area contributed by atoms with E-state index in [-0.39, 0.29) is 17.0 Å². The molecule has 0 aromatic heterocycles. The van der Waals surface area contributed by atoms with E-state index in [0.29, 0.717) is 23.7 Å². The lowest BCUT2D eigenvalue weighted by Gasteiger charge is -2.30. The molecule has 0 saturated carbocycles. The summed E-state index contributed by atoms with van der Waals surface area (Å²) in [7, 11) is -4.01. The van der Waals surface area contributed by atoms with Gasteiger partial charge in [0.2, 0.25) is 5.91 Å². The first-order chi connectivity index (χ1) is 12.0. The first-order valence-electron chi connectivity index (χ1n) is 7.56. The Bertz CT molecular complexity index is 980. The van der Waals surface area contributed by atoms with E-state index in [4.69, 9.17) is 4.74 Å². The highest BCUT2D eigenvalue weighted by atomic mass is 32.2. The van der Waals surface area contributed by atoms with Crippen LogP contribution >= 0.6 is 0 Å². The number of sulfonamides is 1. The minimum Gasteiger partial charge on any atom is -0.492 e. The van der Waals surface area contributed by atoms with Gasteiger partial charge in [0.25, 0.3) is 10.0 Å². The van der Waals surface area contributed by atoms with Crippen LogP contribution in [0.1, 0.15) is 12.5 Å². The minimum absolute atomic E-state index is 0.0722. The fourth-order valence-electron chi connectivity index (χ4n) is 2.58. The Morgan fingerprint density at radius 3 is 2.76 bits per heavy atom. The number of fused-ring (bicyclic) bond motifs is 1. The van der Waals surface area contributed by atoms with Crippen molar-refractivity contribution < 1.29 is 17.9 Å². The predicted octanol–water partition coefficient (Wildman–Crippen LogP) is 2.10. The molecule has 1 heterocycles. The molecule has 0 spiro atoms. The third-order valence-electron chi connectivity index (χ3n) is 3.69. The third-order valence-corrected chi connectivity index (χ3v) is 5.45. The van der Waals surface area contributed by atoms with Crippen molar-refractivity contribution in [2.45, 2.75) is 11.8 Å². The molecule has 0 fully saturated rings. The highest BCUT2D eigenvalue weighted by molar-refractivity contribution is 7.92. The van der Waals surface area contributed by atoms with Crippen LogP contribution in [-0.2, 0) is 14.8 Å². The summed E-state index contributed by atoms with van der Waals surface area (Å²) < 4.78 is 32.4. The zero-order valence-electron chi connectivity index (χ0n) is 13.4. The summed E-state index contributed by atoms with van der Waals surface area (Å²) in [5, 5.41) is 11.9. The molecule has 1 aliphatic rings. The van der Waals surface area contributed by atoms with Gasteiger partial charge < -0.3 is 10.1 Å². The normalized spacial score (nSPS) is 13.6. The maximum Gasteiger partial charge on any atom is 0.264 e. The molecule has 2 aromatic rings. The van der Waals surface area contributed by atoms with Crippen LogP contribution in [0.5, 0.6) is 5.75 Å². The van der Waals surface area contributed by atoms with Gasteiger partial charge in [-0.3, -0.25) is 9.10 Å². The number of anilines is 2. The molecule has 128 valence electrons. The quantitative estimate of drug-likeness (QED) is 0.903. The maximum absolute atomic E-state index is 13.0. The van der Waals surface area contributed by atoms with Crippen LogP contribution in [0.3, 0.4) is 0 Å². The van der Waals surface area contributed by atoms with Gasteiger partial charge in [-0.1, -0.05) is 12.1 Å². The minimum atomic E-state index is -4.01. The van der Waals surface area contributed by atoms with Gasteiger partial charge in [0.05, 0.1) is 28.4 Å². The Morgan fingerprint density at radius 2 is 2.04 bits per heavy atom. The van der Waals surface area contributed by atoms with Crippen LogP contribution in [0.15, 0.2) is 47.4 Å². The number of amides is 1. The van der Waals surface area contributed by atoms with Gasteiger partial charge in [-0.05, 0) is 37.3 Å². The Morgan fingerprint density at radius 1 is 1.28 bits per heavy atom. The van der Waals surface area contributed by atoms with Crippen molar-refractivity contribution in [3.05, 3.63) is 48.0 Å². The molecule has 1 N–H and O–H groups in total. The van der Waals surface area contributed by atoms with Crippen LogP contribution in [0.25, 0.3) is 0 Å². The lowest BCUT2D eigenvalue weighted by molar-refractivity contribution is -0.115. The lowest BCUT2D eigenvalue weighted by Crippen LogP contribution is -2.42. The molecule has 3 rings (SSSR count). The van der Waals surface area contributed by atoms with Gasteiger partial charge in [0.1, 0.15) is 18.4 Å². The second-order valence-electron chi connectivity index (χ2n) is 5.28. The molecule has 1 amide bonds. The number of rotatable bonds is 4. The second-order valence-corrected chi connectivity index (χ2v) is 7.14. The summed E-state index contributed by atoms with van der Waals surface area (Å²) in [5.74, 6) is -0.102. The van der Waals surface area contributed by atoms with E-state index >= 15 is 0 Å². The third kappa shape index (κ3) is 3.02. The standard InChI is InChI=1S/C17H15N3O4S/c1-2-24-16-8-7-13(9-12(16)10-18)25(22,23)20-11-17(21)19-14-5-3-4-6-15(14)20/h3-9H,2,11H2,1H3,(H,19,21). The molecule has 0 bridgehead atoms. The second kappa shape index (κ2) is 6.45. The molecular formula is C17H15N3O4S. The zero-order chi connectivity index (χ0) is 18.0. The van der Waals surface area contributed by atoms with Crippen molar-refractivity contribution >= 4 is 27.3 Å². The molecule has 1 aliphatic heterocycles. The summed E-state index contributed by atoms with van der Waals surface area (Å²) in [6.45, 7) is 1.81. The van der Waals surface area contributed by atoms with Crippen molar-refractivity contribution in [3.63, 3.8) is 0 Å². The number of nitrogens with one attached hydrogen (secondary N) is 1. The molecule has 8 heteroatoms.